The first-order valence-electron chi connectivity index (χ1n) is 16.7. The zero-order valence-corrected chi connectivity index (χ0v) is 26.9. The molecule has 0 radical (unpaired) electrons. The van der Waals surface area contributed by atoms with Crippen LogP contribution < -0.4 is 10.1 Å². The van der Waals surface area contributed by atoms with Gasteiger partial charge in [0.15, 0.2) is 0 Å². The summed E-state index contributed by atoms with van der Waals surface area (Å²) < 4.78 is 8.42. The van der Waals surface area contributed by atoms with Gasteiger partial charge in [0.05, 0.1) is 24.1 Å². The molecule has 0 saturated carbocycles. The summed E-state index contributed by atoms with van der Waals surface area (Å²) in [4.78, 5) is 17.5. The van der Waals surface area contributed by atoms with E-state index >= 15 is 0 Å². The molecule has 0 aliphatic rings. The molecule has 1 heterocycles. The molecule has 45 heavy (non-hydrogen) atoms. The lowest BCUT2D eigenvalue weighted by Crippen LogP contribution is -2.26. The predicted molar refractivity (Wildman–Crippen MR) is 186 cm³/mol. The van der Waals surface area contributed by atoms with E-state index in [-0.39, 0.29) is 5.91 Å². The largest absolute Gasteiger partial charge is 0.494 e. The van der Waals surface area contributed by atoms with E-state index in [9.17, 15) is 4.79 Å². The number of hydrogen-bond donors (Lipinski definition) is 1. The normalized spacial score (nSPS) is 11.9. The number of imidazole rings is 1. The van der Waals surface area contributed by atoms with Crippen molar-refractivity contribution < 1.29 is 9.53 Å². The molecule has 5 nitrogen and oxygen atoms in total. The van der Waals surface area contributed by atoms with Crippen molar-refractivity contribution in [3.8, 4) is 16.9 Å². The highest BCUT2D eigenvalue weighted by Gasteiger charge is 2.11. The van der Waals surface area contributed by atoms with Crippen LogP contribution in [-0.4, -0.2) is 28.6 Å². The third-order valence-corrected chi connectivity index (χ3v) is 8.66. The molecule has 5 heteroatoms. The van der Waals surface area contributed by atoms with E-state index in [1.165, 1.54) is 22.2 Å². The fourth-order valence-electron chi connectivity index (χ4n) is 5.76. The second kappa shape index (κ2) is 16.6. The SMILES string of the molecule is CCC(C)c1ccc(OCCCCn2c(CCCCCNC(=O)Cc3ccc(-c4ccccc4)cc3)nc3ccccc32)cc1. The van der Waals surface area contributed by atoms with Crippen molar-refractivity contribution in [1.29, 1.82) is 0 Å². The fourth-order valence-corrected chi connectivity index (χ4v) is 5.76. The highest BCUT2D eigenvalue weighted by molar-refractivity contribution is 5.79. The number of carbonyl (C=O) groups excluding carboxylic acids is 1. The number of benzene rings is 4. The van der Waals surface area contributed by atoms with Crippen LogP contribution in [0.5, 0.6) is 5.75 Å². The standard InChI is InChI=1S/C40H47N3O2/c1-3-31(2)33-23-25-36(26-24-33)45-29-13-12-28-43-38-17-10-9-16-37(38)42-39(43)18-8-5-11-27-41-40(44)30-32-19-21-35(22-20-32)34-14-6-4-7-15-34/h4,6-7,9-10,14-17,19-26,31H,3,5,8,11-13,18,27-30H2,1-2H3,(H,41,44). The van der Waals surface area contributed by atoms with Crippen molar-refractivity contribution in [2.24, 2.45) is 0 Å². The molecule has 234 valence electrons. The van der Waals surface area contributed by atoms with Gasteiger partial charge >= 0.3 is 0 Å². The van der Waals surface area contributed by atoms with E-state index in [4.69, 9.17) is 9.72 Å². The van der Waals surface area contributed by atoms with Gasteiger partial charge in [-0.1, -0.05) is 99.1 Å². The molecule has 1 aromatic heterocycles. The number of aryl methyl sites for hydroxylation is 2. The average Bonchev–Trinajstić information content (AvgIpc) is 3.44. The van der Waals surface area contributed by atoms with Gasteiger partial charge in [0, 0.05) is 19.5 Å². The Kier molecular flexibility index (Phi) is 11.8. The van der Waals surface area contributed by atoms with Gasteiger partial charge in [-0.05, 0) is 84.5 Å². The van der Waals surface area contributed by atoms with Crippen molar-refractivity contribution >= 4 is 16.9 Å². The monoisotopic (exact) mass is 601 g/mol. The van der Waals surface area contributed by atoms with Crippen molar-refractivity contribution in [3.63, 3.8) is 0 Å². The van der Waals surface area contributed by atoms with Gasteiger partial charge in [0.2, 0.25) is 5.91 Å². The summed E-state index contributed by atoms with van der Waals surface area (Å²) in [5, 5.41) is 3.10. The van der Waals surface area contributed by atoms with E-state index in [0.29, 0.717) is 18.9 Å². The van der Waals surface area contributed by atoms with Crippen LogP contribution in [0.15, 0.2) is 103 Å². The lowest BCUT2D eigenvalue weighted by Gasteiger charge is -2.12. The fraction of sp³-hybridized carbons (Fsp3) is 0.350. The van der Waals surface area contributed by atoms with Crippen LogP contribution in [-0.2, 0) is 24.2 Å². The molecular weight excluding hydrogens is 554 g/mol. The quantitative estimate of drug-likeness (QED) is 0.108. The van der Waals surface area contributed by atoms with Crippen LogP contribution in [0, 0.1) is 0 Å². The van der Waals surface area contributed by atoms with Crippen molar-refractivity contribution in [1.82, 2.24) is 14.9 Å². The molecule has 1 unspecified atom stereocenters. The lowest BCUT2D eigenvalue weighted by atomic mass is 9.99. The first-order valence-corrected chi connectivity index (χ1v) is 16.7. The number of unbranched alkanes of at least 4 members (excludes halogenated alkanes) is 3. The predicted octanol–water partition coefficient (Wildman–Crippen LogP) is 9.15. The van der Waals surface area contributed by atoms with E-state index in [0.717, 1.165) is 80.8 Å². The Balaban J connectivity index is 1.01. The maximum absolute atomic E-state index is 12.5. The molecule has 5 rings (SSSR count). The number of carbonyl (C=O) groups is 1. The van der Waals surface area contributed by atoms with Gasteiger partial charge in [-0.15, -0.1) is 0 Å². The van der Waals surface area contributed by atoms with Crippen LogP contribution >= 0.6 is 0 Å². The lowest BCUT2D eigenvalue weighted by molar-refractivity contribution is -0.120. The summed E-state index contributed by atoms with van der Waals surface area (Å²) in [6, 6.07) is 35.6. The van der Waals surface area contributed by atoms with E-state index < -0.39 is 0 Å². The molecular formula is C40H47N3O2. The van der Waals surface area contributed by atoms with Gasteiger partial charge < -0.3 is 14.6 Å². The van der Waals surface area contributed by atoms with Crippen LogP contribution in [0.4, 0.5) is 0 Å². The molecule has 0 aliphatic heterocycles. The number of nitrogens with zero attached hydrogens (tertiary/aromatic N) is 2. The second-order valence-corrected chi connectivity index (χ2v) is 12.0. The van der Waals surface area contributed by atoms with Crippen molar-refractivity contribution in [2.75, 3.05) is 13.2 Å². The zero-order chi connectivity index (χ0) is 31.3. The summed E-state index contributed by atoms with van der Waals surface area (Å²) in [7, 11) is 0. The molecule has 0 aliphatic carbocycles. The Hall–Kier alpha value is -4.38. The third kappa shape index (κ3) is 9.31. The minimum Gasteiger partial charge on any atom is -0.494 e. The van der Waals surface area contributed by atoms with Gasteiger partial charge in [-0.2, -0.15) is 0 Å². The average molecular weight is 602 g/mol. The highest BCUT2D eigenvalue weighted by Crippen LogP contribution is 2.23. The topological polar surface area (TPSA) is 56.1 Å². The van der Waals surface area contributed by atoms with Gasteiger partial charge in [0.25, 0.3) is 0 Å². The number of aromatic nitrogens is 2. The first kappa shape index (κ1) is 32.0. The van der Waals surface area contributed by atoms with Crippen LogP contribution in [0.2, 0.25) is 0 Å². The minimum absolute atomic E-state index is 0.0799. The maximum Gasteiger partial charge on any atom is 0.224 e. The molecule has 0 spiro atoms. The molecule has 1 amide bonds. The minimum atomic E-state index is 0.0799. The molecule has 4 aromatic carbocycles. The first-order chi connectivity index (χ1) is 22.1. The molecule has 1 atom stereocenters. The number of para-hydroxylation sites is 2. The van der Waals surface area contributed by atoms with Gasteiger partial charge in [0.1, 0.15) is 11.6 Å². The van der Waals surface area contributed by atoms with Gasteiger partial charge in [-0.25, -0.2) is 4.98 Å². The van der Waals surface area contributed by atoms with Crippen LogP contribution in [0.3, 0.4) is 0 Å². The van der Waals surface area contributed by atoms with Crippen LogP contribution in [0.1, 0.15) is 75.2 Å². The number of amides is 1. The number of rotatable bonds is 17. The Bertz CT molecular complexity index is 1610. The molecule has 0 saturated heterocycles. The number of hydrogen-bond acceptors (Lipinski definition) is 3. The number of ether oxygens (including phenoxy) is 1. The highest BCUT2D eigenvalue weighted by atomic mass is 16.5. The molecule has 1 N–H and O–H groups in total. The maximum atomic E-state index is 12.5. The summed E-state index contributed by atoms with van der Waals surface area (Å²) >= 11 is 0. The van der Waals surface area contributed by atoms with Crippen LogP contribution in [0.25, 0.3) is 22.2 Å². The Labute approximate surface area is 268 Å². The molecule has 0 fully saturated rings. The smallest absolute Gasteiger partial charge is 0.224 e. The Morgan fingerprint density at radius 1 is 0.800 bits per heavy atom. The van der Waals surface area contributed by atoms with Crippen molar-refractivity contribution in [3.05, 3.63) is 120 Å². The number of fused-ring (bicyclic) bond motifs is 1. The van der Waals surface area contributed by atoms with E-state index in [2.05, 4.69) is 96.5 Å². The molecule has 0 bridgehead atoms. The Morgan fingerprint density at radius 2 is 1.53 bits per heavy atom. The van der Waals surface area contributed by atoms with Gasteiger partial charge in [-0.3, -0.25) is 4.79 Å². The van der Waals surface area contributed by atoms with E-state index in [1.54, 1.807) is 0 Å². The summed E-state index contributed by atoms with van der Waals surface area (Å²) in [5.74, 6) is 2.76. The van der Waals surface area contributed by atoms with E-state index in [1.807, 2.05) is 30.3 Å². The number of nitrogens with one attached hydrogen (secondary N) is 1. The second-order valence-electron chi connectivity index (χ2n) is 12.0. The van der Waals surface area contributed by atoms with Crippen molar-refractivity contribution in [2.45, 2.75) is 77.7 Å². The third-order valence-electron chi connectivity index (χ3n) is 8.66. The summed E-state index contributed by atoms with van der Waals surface area (Å²) in [6.07, 6.45) is 7.61. The summed E-state index contributed by atoms with van der Waals surface area (Å²) in [5.41, 5.74) is 7.03. The molecule has 5 aromatic rings. The summed E-state index contributed by atoms with van der Waals surface area (Å²) in [6.45, 7) is 6.85. The Morgan fingerprint density at radius 3 is 2.31 bits per heavy atom. The zero-order valence-electron chi connectivity index (χ0n) is 26.9.